The highest BCUT2D eigenvalue weighted by Crippen LogP contribution is 2.37. The molecule has 1 aromatic rings. The van der Waals surface area contributed by atoms with Crippen LogP contribution in [0.4, 0.5) is 5.69 Å². The normalized spacial score (nSPS) is 23.5. The maximum Gasteiger partial charge on any atom is 0.231 e. The average Bonchev–Trinajstić information content (AvgIpc) is 2.71. The number of piperazine rings is 1. The molecule has 0 unspecified atom stereocenters. The largest absolute Gasteiger partial charge is 0.454 e. The van der Waals surface area contributed by atoms with Crippen LogP contribution in [0.25, 0.3) is 0 Å². The topological polar surface area (TPSA) is 33.7 Å². The third-order valence-corrected chi connectivity index (χ3v) is 3.57. The van der Waals surface area contributed by atoms with Gasteiger partial charge in [0.2, 0.25) is 6.79 Å². The number of hydrogen-bond acceptors (Lipinski definition) is 4. The lowest BCUT2D eigenvalue weighted by Crippen LogP contribution is -2.66. The Kier molecular flexibility index (Phi) is 2.68. The van der Waals surface area contributed by atoms with Crippen molar-refractivity contribution in [2.24, 2.45) is 0 Å². The molecule has 1 N–H and O–H groups in total. The molecule has 2 aliphatic heterocycles. The van der Waals surface area contributed by atoms with E-state index in [1.54, 1.807) is 0 Å². The van der Waals surface area contributed by atoms with Crippen LogP contribution in [0.5, 0.6) is 11.5 Å². The molecule has 0 aromatic heterocycles. The van der Waals surface area contributed by atoms with Gasteiger partial charge in [0.25, 0.3) is 0 Å². The minimum absolute atomic E-state index is 0.0954. The fourth-order valence-electron chi connectivity index (χ4n) is 3.27. The first-order valence-corrected chi connectivity index (χ1v) is 6.79. The maximum absolute atomic E-state index is 5.47. The molecule has 1 aromatic carbocycles. The Bertz CT molecular complexity index is 481. The van der Waals surface area contributed by atoms with Crippen LogP contribution in [-0.4, -0.2) is 31.0 Å². The Labute approximate surface area is 114 Å². The third kappa shape index (κ3) is 2.50. The summed E-state index contributed by atoms with van der Waals surface area (Å²) in [6.45, 7) is 11.3. The van der Waals surface area contributed by atoms with E-state index >= 15 is 0 Å². The second-order valence-electron chi connectivity index (χ2n) is 6.79. The molecule has 0 amide bonds. The van der Waals surface area contributed by atoms with Crippen molar-refractivity contribution in [1.82, 2.24) is 5.32 Å². The molecule has 1 saturated heterocycles. The summed E-state index contributed by atoms with van der Waals surface area (Å²) in [4.78, 5) is 2.42. The van der Waals surface area contributed by atoms with Gasteiger partial charge in [-0.1, -0.05) is 0 Å². The number of ether oxygens (including phenoxy) is 2. The van der Waals surface area contributed by atoms with Gasteiger partial charge in [-0.3, -0.25) is 0 Å². The SMILES string of the molecule is CC1(C)CN(c2ccc3c(c2)OCO3)CC(C)(C)N1. The summed E-state index contributed by atoms with van der Waals surface area (Å²) in [7, 11) is 0. The van der Waals surface area contributed by atoms with Crippen molar-refractivity contribution in [3.05, 3.63) is 18.2 Å². The Morgan fingerprint density at radius 2 is 1.63 bits per heavy atom. The zero-order valence-corrected chi connectivity index (χ0v) is 12.1. The number of nitrogens with zero attached hydrogens (tertiary/aromatic N) is 1. The molecule has 0 aliphatic carbocycles. The van der Waals surface area contributed by atoms with E-state index in [0.717, 1.165) is 24.6 Å². The van der Waals surface area contributed by atoms with Crippen LogP contribution < -0.4 is 19.7 Å². The van der Waals surface area contributed by atoms with Gasteiger partial charge in [-0.05, 0) is 39.8 Å². The fourth-order valence-corrected chi connectivity index (χ4v) is 3.27. The van der Waals surface area contributed by atoms with Gasteiger partial charge >= 0.3 is 0 Å². The molecular formula is C15H22N2O2. The number of rotatable bonds is 1. The first-order chi connectivity index (χ1) is 8.85. The lowest BCUT2D eigenvalue weighted by atomic mass is 9.91. The summed E-state index contributed by atoms with van der Waals surface area (Å²) >= 11 is 0. The van der Waals surface area contributed by atoms with Gasteiger partial charge < -0.3 is 19.7 Å². The first kappa shape index (κ1) is 12.6. The van der Waals surface area contributed by atoms with Gasteiger partial charge in [0.05, 0.1) is 0 Å². The second kappa shape index (κ2) is 4.04. The van der Waals surface area contributed by atoms with E-state index in [1.807, 2.05) is 6.07 Å². The van der Waals surface area contributed by atoms with Crippen molar-refractivity contribution < 1.29 is 9.47 Å². The molecule has 104 valence electrons. The Balaban J connectivity index is 1.89. The minimum atomic E-state index is 0.0954. The molecule has 0 spiro atoms. The zero-order chi connectivity index (χ0) is 13.7. The fraction of sp³-hybridized carbons (Fsp3) is 0.600. The summed E-state index contributed by atoms with van der Waals surface area (Å²) in [6, 6.07) is 6.20. The Hall–Kier alpha value is -1.42. The lowest BCUT2D eigenvalue weighted by molar-refractivity contribution is 0.174. The van der Waals surface area contributed by atoms with Gasteiger partial charge in [-0.15, -0.1) is 0 Å². The smallest absolute Gasteiger partial charge is 0.231 e. The standard InChI is InChI=1S/C15H22N2O2/c1-14(2)8-17(9-15(3,4)16-14)11-5-6-12-13(7-11)19-10-18-12/h5-7,16H,8-10H2,1-4H3. The third-order valence-electron chi connectivity index (χ3n) is 3.57. The number of benzene rings is 1. The van der Waals surface area contributed by atoms with Crippen LogP contribution in [0.3, 0.4) is 0 Å². The van der Waals surface area contributed by atoms with E-state index in [2.05, 4.69) is 50.0 Å². The second-order valence-corrected chi connectivity index (χ2v) is 6.79. The molecule has 0 saturated carbocycles. The van der Waals surface area contributed by atoms with E-state index in [0.29, 0.717) is 6.79 Å². The summed E-state index contributed by atoms with van der Waals surface area (Å²) in [6.07, 6.45) is 0. The molecule has 0 radical (unpaired) electrons. The van der Waals surface area contributed by atoms with Gasteiger partial charge in [0.1, 0.15) is 0 Å². The van der Waals surface area contributed by atoms with Crippen molar-refractivity contribution in [2.75, 3.05) is 24.8 Å². The van der Waals surface area contributed by atoms with E-state index in [1.165, 1.54) is 5.69 Å². The Morgan fingerprint density at radius 1 is 1.00 bits per heavy atom. The minimum Gasteiger partial charge on any atom is -0.454 e. The van der Waals surface area contributed by atoms with Crippen LogP contribution in [0.15, 0.2) is 18.2 Å². The van der Waals surface area contributed by atoms with E-state index in [4.69, 9.17) is 9.47 Å². The van der Waals surface area contributed by atoms with Crippen LogP contribution in [-0.2, 0) is 0 Å². The van der Waals surface area contributed by atoms with Crippen LogP contribution in [0.2, 0.25) is 0 Å². The molecule has 3 rings (SSSR count). The van der Waals surface area contributed by atoms with E-state index in [-0.39, 0.29) is 11.1 Å². The highest BCUT2D eigenvalue weighted by Gasteiger charge is 2.36. The molecule has 0 bridgehead atoms. The zero-order valence-electron chi connectivity index (χ0n) is 12.1. The predicted octanol–water partition coefficient (Wildman–Crippen LogP) is 2.38. The monoisotopic (exact) mass is 262 g/mol. The molecule has 4 heteroatoms. The molecule has 4 nitrogen and oxygen atoms in total. The van der Waals surface area contributed by atoms with Crippen molar-refractivity contribution in [3.8, 4) is 11.5 Å². The summed E-state index contributed by atoms with van der Waals surface area (Å²) < 4.78 is 10.8. The molecule has 2 heterocycles. The van der Waals surface area contributed by atoms with Crippen LogP contribution in [0.1, 0.15) is 27.7 Å². The van der Waals surface area contributed by atoms with Crippen LogP contribution in [0, 0.1) is 0 Å². The first-order valence-electron chi connectivity index (χ1n) is 6.79. The molecule has 0 atom stereocenters. The highest BCUT2D eigenvalue weighted by molar-refractivity contribution is 5.58. The number of hydrogen-bond donors (Lipinski definition) is 1. The van der Waals surface area contributed by atoms with Crippen molar-refractivity contribution in [3.63, 3.8) is 0 Å². The highest BCUT2D eigenvalue weighted by atomic mass is 16.7. The predicted molar refractivity (Wildman–Crippen MR) is 76.1 cm³/mol. The van der Waals surface area contributed by atoms with Crippen molar-refractivity contribution in [1.29, 1.82) is 0 Å². The molecular weight excluding hydrogens is 240 g/mol. The van der Waals surface area contributed by atoms with E-state index < -0.39 is 0 Å². The molecule has 19 heavy (non-hydrogen) atoms. The van der Waals surface area contributed by atoms with Crippen LogP contribution >= 0.6 is 0 Å². The van der Waals surface area contributed by atoms with Gasteiger partial charge in [0, 0.05) is 35.9 Å². The lowest BCUT2D eigenvalue weighted by Gasteiger charge is -2.49. The van der Waals surface area contributed by atoms with Gasteiger partial charge in [-0.25, -0.2) is 0 Å². The van der Waals surface area contributed by atoms with Crippen molar-refractivity contribution in [2.45, 2.75) is 38.8 Å². The number of nitrogens with one attached hydrogen (secondary N) is 1. The van der Waals surface area contributed by atoms with E-state index in [9.17, 15) is 0 Å². The maximum atomic E-state index is 5.47. The summed E-state index contributed by atoms with van der Waals surface area (Å²) in [5, 5.41) is 3.69. The van der Waals surface area contributed by atoms with Crippen molar-refractivity contribution >= 4 is 5.69 Å². The van der Waals surface area contributed by atoms with Gasteiger partial charge in [0.15, 0.2) is 11.5 Å². The van der Waals surface area contributed by atoms with Gasteiger partial charge in [-0.2, -0.15) is 0 Å². The summed E-state index contributed by atoms with van der Waals surface area (Å²) in [5.74, 6) is 1.70. The quantitative estimate of drug-likeness (QED) is 0.842. The number of anilines is 1. The summed E-state index contributed by atoms with van der Waals surface area (Å²) in [5.41, 5.74) is 1.39. The molecule has 2 aliphatic rings. The molecule has 1 fully saturated rings. The average molecular weight is 262 g/mol. The number of fused-ring (bicyclic) bond motifs is 1. The Morgan fingerprint density at radius 3 is 2.32 bits per heavy atom.